The van der Waals surface area contributed by atoms with Gasteiger partial charge in [0.1, 0.15) is 0 Å². The first-order valence-corrected chi connectivity index (χ1v) is 7.01. The van der Waals surface area contributed by atoms with Crippen LogP contribution in [-0.4, -0.2) is 68.8 Å². The maximum atomic E-state index is 6.02. The van der Waals surface area contributed by atoms with Gasteiger partial charge < -0.3 is 15.4 Å². The molecule has 0 bridgehead atoms. The lowest BCUT2D eigenvalue weighted by atomic mass is 9.90. The van der Waals surface area contributed by atoms with Gasteiger partial charge in [-0.25, -0.2) is 0 Å². The fourth-order valence-corrected chi connectivity index (χ4v) is 3.14. The number of hydrogen-bond donors (Lipinski definition) is 1. The van der Waals surface area contributed by atoms with Gasteiger partial charge in [0.2, 0.25) is 0 Å². The second kappa shape index (κ2) is 6.69. The minimum absolute atomic E-state index is 0.574. The van der Waals surface area contributed by atoms with E-state index in [0.29, 0.717) is 6.04 Å². The van der Waals surface area contributed by atoms with Crippen molar-refractivity contribution in [1.82, 2.24) is 9.80 Å². The third kappa shape index (κ3) is 3.65. The number of hydrogen-bond acceptors (Lipinski definition) is 4. The molecule has 2 N–H and O–H groups in total. The van der Waals surface area contributed by atoms with Crippen molar-refractivity contribution in [2.45, 2.75) is 25.3 Å². The van der Waals surface area contributed by atoms with Gasteiger partial charge >= 0.3 is 0 Å². The van der Waals surface area contributed by atoms with Gasteiger partial charge in [-0.15, -0.1) is 0 Å². The summed E-state index contributed by atoms with van der Waals surface area (Å²) >= 11 is 0. The standard InChI is InChI=1S/C13H27N3O/c1-15-5-2-6-16(8-7-15)13(11-14)12-3-9-17-10-4-12/h12-13H,2-11,14H2,1H3. The first-order valence-electron chi connectivity index (χ1n) is 7.01. The van der Waals surface area contributed by atoms with Gasteiger partial charge in [0.25, 0.3) is 0 Å². The van der Waals surface area contributed by atoms with Gasteiger partial charge in [-0.3, -0.25) is 4.90 Å². The Kier molecular flexibility index (Phi) is 5.22. The first-order chi connectivity index (χ1) is 8.31. The van der Waals surface area contributed by atoms with Crippen molar-refractivity contribution in [1.29, 1.82) is 0 Å². The zero-order valence-electron chi connectivity index (χ0n) is 11.1. The second-order valence-electron chi connectivity index (χ2n) is 5.45. The third-order valence-electron chi connectivity index (χ3n) is 4.27. The summed E-state index contributed by atoms with van der Waals surface area (Å²) in [7, 11) is 2.22. The van der Waals surface area contributed by atoms with E-state index in [2.05, 4.69) is 16.8 Å². The number of nitrogens with zero attached hydrogens (tertiary/aromatic N) is 2. The van der Waals surface area contributed by atoms with Crippen molar-refractivity contribution in [3.05, 3.63) is 0 Å². The topological polar surface area (TPSA) is 41.7 Å². The van der Waals surface area contributed by atoms with Crippen molar-refractivity contribution in [3.63, 3.8) is 0 Å². The summed E-state index contributed by atoms with van der Waals surface area (Å²) in [5.41, 5.74) is 6.02. The van der Waals surface area contributed by atoms with Crippen LogP contribution in [0.25, 0.3) is 0 Å². The van der Waals surface area contributed by atoms with Gasteiger partial charge in [-0.1, -0.05) is 0 Å². The summed E-state index contributed by atoms with van der Waals surface area (Å²) < 4.78 is 5.46. The molecule has 1 atom stereocenters. The molecule has 2 rings (SSSR count). The quantitative estimate of drug-likeness (QED) is 0.775. The number of rotatable bonds is 3. The lowest BCUT2D eigenvalue weighted by Crippen LogP contribution is -2.48. The van der Waals surface area contributed by atoms with Crippen LogP contribution in [-0.2, 0) is 4.74 Å². The van der Waals surface area contributed by atoms with Crippen LogP contribution in [0.15, 0.2) is 0 Å². The summed E-state index contributed by atoms with van der Waals surface area (Å²) in [4.78, 5) is 5.05. The molecule has 1 unspecified atom stereocenters. The molecule has 0 aliphatic carbocycles. The zero-order valence-corrected chi connectivity index (χ0v) is 11.1. The van der Waals surface area contributed by atoms with E-state index >= 15 is 0 Å². The van der Waals surface area contributed by atoms with Crippen LogP contribution >= 0.6 is 0 Å². The Morgan fingerprint density at radius 2 is 1.94 bits per heavy atom. The highest BCUT2D eigenvalue weighted by atomic mass is 16.5. The molecule has 0 spiro atoms. The third-order valence-corrected chi connectivity index (χ3v) is 4.27. The fourth-order valence-electron chi connectivity index (χ4n) is 3.14. The lowest BCUT2D eigenvalue weighted by Gasteiger charge is -2.37. The Bertz CT molecular complexity index is 219. The summed E-state index contributed by atoms with van der Waals surface area (Å²) in [5.74, 6) is 0.747. The molecule has 0 amide bonds. The van der Waals surface area contributed by atoms with E-state index in [1.807, 2.05) is 0 Å². The van der Waals surface area contributed by atoms with Gasteiger partial charge in [0.15, 0.2) is 0 Å². The summed E-state index contributed by atoms with van der Waals surface area (Å²) in [6.07, 6.45) is 3.65. The molecule has 2 saturated heterocycles. The van der Waals surface area contributed by atoms with E-state index < -0.39 is 0 Å². The minimum atomic E-state index is 0.574. The Labute approximate surface area is 105 Å². The SMILES string of the molecule is CN1CCCN(C(CN)C2CCOCC2)CC1. The van der Waals surface area contributed by atoms with Crippen LogP contribution in [0, 0.1) is 5.92 Å². The van der Waals surface area contributed by atoms with E-state index in [1.165, 1.54) is 45.4 Å². The highest BCUT2D eigenvalue weighted by molar-refractivity contribution is 4.83. The van der Waals surface area contributed by atoms with Crippen molar-refractivity contribution < 1.29 is 4.74 Å². The first kappa shape index (κ1) is 13.3. The largest absolute Gasteiger partial charge is 0.381 e. The Balaban J connectivity index is 1.91. The normalized spacial score (nSPS) is 27.9. The number of nitrogens with two attached hydrogens (primary N) is 1. The Morgan fingerprint density at radius 1 is 1.18 bits per heavy atom. The molecule has 17 heavy (non-hydrogen) atoms. The van der Waals surface area contributed by atoms with Crippen LogP contribution in [0.2, 0.25) is 0 Å². The average Bonchev–Trinajstić information content (AvgIpc) is 2.57. The van der Waals surface area contributed by atoms with Crippen molar-refractivity contribution in [2.24, 2.45) is 11.7 Å². The smallest absolute Gasteiger partial charge is 0.0469 e. The highest BCUT2D eigenvalue weighted by Gasteiger charge is 2.28. The molecule has 2 aliphatic rings. The maximum absolute atomic E-state index is 6.02. The van der Waals surface area contributed by atoms with Crippen molar-refractivity contribution >= 4 is 0 Å². The van der Waals surface area contributed by atoms with E-state index in [9.17, 15) is 0 Å². The minimum Gasteiger partial charge on any atom is -0.381 e. The van der Waals surface area contributed by atoms with Gasteiger partial charge in [-0.05, 0) is 45.3 Å². The molecule has 0 aromatic rings. The van der Waals surface area contributed by atoms with E-state index in [4.69, 9.17) is 10.5 Å². The lowest BCUT2D eigenvalue weighted by molar-refractivity contribution is 0.0286. The molecule has 0 saturated carbocycles. The van der Waals surface area contributed by atoms with Crippen LogP contribution in [0.3, 0.4) is 0 Å². The molecule has 2 heterocycles. The Morgan fingerprint density at radius 3 is 2.65 bits per heavy atom. The van der Waals surface area contributed by atoms with Gasteiger partial charge in [0, 0.05) is 38.9 Å². The van der Waals surface area contributed by atoms with Crippen LogP contribution < -0.4 is 5.73 Å². The fraction of sp³-hybridized carbons (Fsp3) is 1.00. The number of ether oxygens (including phenoxy) is 1. The molecule has 4 heteroatoms. The van der Waals surface area contributed by atoms with Crippen LogP contribution in [0.5, 0.6) is 0 Å². The van der Waals surface area contributed by atoms with E-state index in [1.54, 1.807) is 0 Å². The summed E-state index contributed by atoms with van der Waals surface area (Å²) in [5, 5.41) is 0. The molecule has 2 fully saturated rings. The van der Waals surface area contributed by atoms with E-state index in [-0.39, 0.29) is 0 Å². The van der Waals surface area contributed by atoms with Gasteiger partial charge in [-0.2, -0.15) is 0 Å². The predicted octanol–water partition coefficient (Wildman–Crippen LogP) is 0.378. The number of likely N-dealkylation sites (N-methyl/N-ethyl adjacent to an activating group) is 1. The van der Waals surface area contributed by atoms with Gasteiger partial charge in [0.05, 0.1) is 0 Å². The summed E-state index contributed by atoms with van der Waals surface area (Å²) in [6.45, 7) is 7.44. The molecule has 0 aromatic heterocycles. The molecule has 0 radical (unpaired) electrons. The highest BCUT2D eigenvalue weighted by Crippen LogP contribution is 2.23. The zero-order chi connectivity index (χ0) is 12.1. The van der Waals surface area contributed by atoms with Crippen molar-refractivity contribution in [2.75, 3.05) is 53.0 Å². The molecular formula is C13H27N3O. The second-order valence-corrected chi connectivity index (χ2v) is 5.45. The predicted molar refractivity (Wildman–Crippen MR) is 70.1 cm³/mol. The molecule has 4 nitrogen and oxygen atoms in total. The maximum Gasteiger partial charge on any atom is 0.0469 e. The molecular weight excluding hydrogens is 214 g/mol. The molecule has 100 valence electrons. The van der Waals surface area contributed by atoms with Crippen molar-refractivity contribution in [3.8, 4) is 0 Å². The molecule has 2 aliphatic heterocycles. The average molecular weight is 241 g/mol. The van der Waals surface area contributed by atoms with E-state index in [0.717, 1.165) is 25.7 Å². The molecule has 0 aromatic carbocycles. The summed E-state index contributed by atoms with van der Waals surface area (Å²) in [6, 6.07) is 0.574. The van der Waals surface area contributed by atoms with Crippen LogP contribution in [0.1, 0.15) is 19.3 Å². The monoisotopic (exact) mass is 241 g/mol. The Hall–Kier alpha value is -0.160. The van der Waals surface area contributed by atoms with Crippen LogP contribution in [0.4, 0.5) is 0 Å².